The summed E-state index contributed by atoms with van der Waals surface area (Å²) in [4.78, 5) is 27.2. The molecule has 6 nitrogen and oxygen atoms in total. The normalized spacial score (nSPS) is 10.3. The number of benzene rings is 1. The average molecular weight is 274 g/mol. The molecule has 104 valence electrons. The summed E-state index contributed by atoms with van der Waals surface area (Å²) in [6.07, 6.45) is 0. The highest BCUT2D eigenvalue weighted by Gasteiger charge is 2.19. The van der Waals surface area contributed by atoms with Gasteiger partial charge in [-0.15, -0.1) is 0 Å². The summed E-state index contributed by atoms with van der Waals surface area (Å²) in [6, 6.07) is 4.77. The lowest BCUT2D eigenvalue weighted by Crippen LogP contribution is -2.15. The van der Waals surface area contributed by atoms with E-state index in [-0.39, 0.29) is 17.0 Å². The van der Waals surface area contributed by atoms with Crippen molar-refractivity contribution in [2.75, 3.05) is 5.32 Å². The van der Waals surface area contributed by atoms with Gasteiger partial charge in [-0.3, -0.25) is 4.79 Å². The van der Waals surface area contributed by atoms with Gasteiger partial charge in [0, 0.05) is 6.92 Å². The highest BCUT2D eigenvalue weighted by atomic mass is 16.4. The Labute approximate surface area is 115 Å². The SMILES string of the molecule is Cc1ccc(NC(=O)c2oc(C)nc2C)c(C(=O)O)c1. The first-order valence-corrected chi connectivity index (χ1v) is 5.98. The van der Waals surface area contributed by atoms with E-state index in [0.29, 0.717) is 11.6 Å². The summed E-state index contributed by atoms with van der Waals surface area (Å²) in [6.45, 7) is 5.07. The Kier molecular flexibility index (Phi) is 3.56. The molecule has 6 heteroatoms. The van der Waals surface area contributed by atoms with Gasteiger partial charge < -0.3 is 14.8 Å². The molecule has 0 fully saturated rings. The van der Waals surface area contributed by atoms with Crippen LogP contribution in [0.2, 0.25) is 0 Å². The third-order valence-corrected chi connectivity index (χ3v) is 2.76. The van der Waals surface area contributed by atoms with Crippen molar-refractivity contribution >= 4 is 17.6 Å². The maximum Gasteiger partial charge on any atom is 0.337 e. The van der Waals surface area contributed by atoms with Crippen molar-refractivity contribution in [3.05, 3.63) is 46.7 Å². The van der Waals surface area contributed by atoms with Gasteiger partial charge in [-0.25, -0.2) is 9.78 Å². The Morgan fingerprint density at radius 2 is 1.95 bits per heavy atom. The summed E-state index contributed by atoms with van der Waals surface area (Å²) in [5.41, 5.74) is 1.52. The molecular formula is C14H14N2O4. The number of rotatable bonds is 3. The second kappa shape index (κ2) is 5.16. The fraction of sp³-hybridized carbons (Fsp3) is 0.214. The molecule has 0 saturated carbocycles. The molecule has 1 heterocycles. The van der Waals surface area contributed by atoms with Crippen molar-refractivity contribution in [2.24, 2.45) is 0 Å². The fourth-order valence-electron chi connectivity index (χ4n) is 1.87. The minimum absolute atomic E-state index is 0.0345. The predicted octanol–water partition coefficient (Wildman–Crippen LogP) is 2.55. The molecule has 1 aromatic carbocycles. The van der Waals surface area contributed by atoms with Crippen LogP contribution in [0.1, 0.15) is 38.1 Å². The minimum Gasteiger partial charge on any atom is -0.478 e. The van der Waals surface area contributed by atoms with E-state index in [0.717, 1.165) is 5.56 Å². The van der Waals surface area contributed by atoms with E-state index in [9.17, 15) is 9.59 Å². The molecule has 2 aromatic rings. The van der Waals surface area contributed by atoms with Crippen LogP contribution in [-0.4, -0.2) is 22.0 Å². The molecule has 0 bridgehead atoms. The average Bonchev–Trinajstić information content (AvgIpc) is 2.70. The number of carbonyl (C=O) groups excluding carboxylic acids is 1. The molecular weight excluding hydrogens is 260 g/mol. The smallest absolute Gasteiger partial charge is 0.337 e. The third-order valence-electron chi connectivity index (χ3n) is 2.76. The van der Waals surface area contributed by atoms with Gasteiger partial charge in [0.25, 0.3) is 5.91 Å². The van der Waals surface area contributed by atoms with E-state index in [1.807, 2.05) is 0 Å². The summed E-state index contributed by atoms with van der Waals surface area (Å²) in [5.74, 6) is -1.15. The number of carboxylic acids is 1. The first-order chi connectivity index (χ1) is 9.38. The second-order valence-electron chi connectivity index (χ2n) is 4.46. The lowest BCUT2D eigenvalue weighted by molar-refractivity contribution is 0.0698. The number of hydrogen-bond acceptors (Lipinski definition) is 4. The summed E-state index contributed by atoms with van der Waals surface area (Å²) in [7, 11) is 0. The van der Waals surface area contributed by atoms with Crippen LogP contribution in [0.25, 0.3) is 0 Å². The van der Waals surface area contributed by atoms with Crippen LogP contribution in [0.15, 0.2) is 22.6 Å². The standard InChI is InChI=1S/C14H14N2O4/c1-7-4-5-11(10(6-7)14(18)19)16-13(17)12-8(2)15-9(3)20-12/h4-6H,1-3H3,(H,16,17)(H,18,19). The lowest BCUT2D eigenvalue weighted by atomic mass is 10.1. The Bertz CT molecular complexity index is 688. The van der Waals surface area contributed by atoms with Crippen molar-refractivity contribution in [2.45, 2.75) is 20.8 Å². The van der Waals surface area contributed by atoms with Crippen LogP contribution in [-0.2, 0) is 0 Å². The van der Waals surface area contributed by atoms with E-state index < -0.39 is 11.9 Å². The number of amides is 1. The van der Waals surface area contributed by atoms with Gasteiger partial charge in [-0.05, 0) is 26.0 Å². The number of carboxylic acid groups (broad SMARTS) is 1. The Morgan fingerprint density at radius 1 is 1.25 bits per heavy atom. The molecule has 1 aromatic heterocycles. The van der Waals surface area contributed by atoms with Crippen molar-refractivity contribution in [3.63, 3.8) is 0 Å². The topological polar surface area (TPSA) is 92.4 Å². The summed E-state index contributed by atoms with van der Waals surface area (Å²) in [5, 5.41) is 11.7. The summed E-state index contributed by atoms with van der Waals surface area (Å²) < 4.78 is 5.20. The molecule has 0 aliphatic rings. The highest BCUT2D eigenvalue weighted by Crippen LogP contribution is 2.19. The largest absolute Gasteiger partial charge is 0.478 e. The monoisotopic (exact) mass is 274 g/mol. The fourth-order valence-corrected chi connectivity index (χ4v) is 1.87. The molecule has 0 spiro atoms. The number of hydrogen-bond donors (Lipinski definition) is 2. The zero-order valence-electron chi connectivity index (χ0n) is 11.4. The molecule has 0 aliphatic carbocycles. The molecule has 0 aliphatic heterocycles. The predicted molar refractivity (Wildman–Crippen MR) is 72.1 cm³/mol. The number of anilines is 1. The van der Waals surface area contributed by atoms with E-state index in [4.69, 9.17) is 9.52 Å². The highest BCUT2D eigenvalue weighted by molar-refractivity contribution is 6.06. The van der Waals surface area contributed by atoms with Gasteiger partial charge >= 0.3 is 5.97 Å². The van der Waals surface area contributed by atoms with Gasteiger partial charge in [-0.2, -0.15) is 0 Å². The number of aryl methyl sites for hydroxylation is 3. The van der Waals surface area contributed by atoms with E-state index >= 15 is 0 Å². The van der Waals surface area contributed by atoms with E-state index in [1.165, 1.54) is 6.07 Å². The second-order valence-corrected chi connectivity index (χ2v) is 4.46. The first kappa shape index (κ1) is 13.8. The van der Waals surface area contributed by atoms with Gasteiger partial charge in [0.1, 0.15) is 0 Å². The van der Waals surface area contributed by atoms with Crippen LogP contribution in [0.4, 0.5) is 5.69 Å². The van der Waals surface area contributed by atoms with E-state index in [2.05, 4.69) is 10.3 Å². The van der Waals surface area contributed by atoms with Crippen molar-refractivity contribution in [3.8, 4) is 0 Å². The van der Waals surface area contributed by atoms with Gasteiger partial charge in [-0.1, -0.05) is 11.6 Å². The molecule has 0 unspecified atom stereocenters. The van der Waals surface area contributed by atoms with Crippen LogP contribution >= 0.6 is 0 Å². The zero-order valence-corrected chi connectivity index (χ0v) is 11.4. The quantitative estimate of drug-likeness (QED) is 0.897. The van der Waals surface area contributed by atoms with Crippen molar-refractivity contribution in [1.82, 2.24) is 4.98 Å². The Hall–Kier alpha value is -2.63. The first-order valence-electron chi connectivity index (χ1n) is 5.98. The maximum absolute atomic E-state index is 12.1. The Balaban J connectivity index is 2.33. The molecule has 0 radical (unpaired) electrons. The maximum atomic E-state index is 12.1. The number of oxazole rings is 1. The van der Waals surface area contributed by atoms with Crippen molar-refractivity contribution in [1.29, 1.82) is 0 Å². The zero-order chi connectivity index (χ0) is 14.9. The molecule has 20 heavy (non-hydrogen) atoms. The number of aromatic carboxylic acids is 1. The molecule has 2 N–H and O–H groups in total. The van der Waals surface area contributed by atoms with Crippen LogP contribution in [0.5, 0.6) is 0 Å². The van der Waals surface area contributed by atoms with Gasteiger partial charge in [0.2, 0.25) is 5.76 Å². The van der Waals surface area contributed by atoms with E-state index in [1.54, 1.807) is 32.9 Å². The van der Waals surface area contributed by atoms with Gasteiger partial charge in [0.15, 0.2) is 5.89 Å². The van der Waals surface area contributed by atoms with Crippen LogP contribution in [0.3, 0.4) is 0 Å². The third kappa shape index (κ3) is 2.69. The number of nitrogens with zero attached hydrogens (tertiary/aromatic N) is 1. The molecule has 0 atom stereocenters. The van der Waals surface area contributed by atoms with Gasteiger partial charge in [0.05, 0.1) is 16.9 Å². The van der Waals surface area contributed by atoms with Crippen LogP contribution < -0.4 is 5.32 Å². The number of nitrogens with one attached hydrogen (secondary N) is 1. The number of aromatic nitrogens is 1. The molecule has 2 rings (SSSR count). The molecule has 1 amide bonds. The van der Waals surface area contributed by atoms with Crippen LogP contribution in [0, 0.1) is 20.8 Å². The summed E-state index contributed by atoms with van der Waals surface area (Å²) >= 11 is 0. The Morgan fingerprint density at radius 3 is 2.50 bits per heavy atom. The van der Waals surface area contributed by atoms with Crippen molar-refractivity contribution < 1.29 is 19.1 Å². The molecule has 0 saturated heterocycles. The minimum atomic E-state index is -1.10. The number of carbonyl (C=O) groups is 2. The lowest BCUT2D eigenvalue weighted by Gasteiger charge is -2.08.